The Balaban J connectivity index is 2.42. The highest BCUT2D eigenvalue weighted by molar-refractivity contribution is 6.33. The van der Waals surface area contributed by atoms with E-state index in [1.807, 2.05) is 0 Å². The van der Waals surface area contributed by atoms with Crippen LogP contribution in [-0.2, 0) is 0 Å². The molecule has 7 heteroatoms. The Hall–Kier alpha value is -2.21. The second-order valence-electron chi connectivity index (χ2n) is 3.96. The summed E-state index contributed by atoms with van der Waals surface area (Å²) in [5.41, 5.74) is 0.732. The standard InChI is InChI=1S/C12H8ClFN4O/c1-6-9(10-7(13)3-2-4-8(10)14)11(19)18-12(17-6)15-5-16-18/h2-5,19H,1H3. The van der Waals surface area contributed by atoms with Gasteiger partial charge >= 0.3 is 0 Å². The third-order valence-corrected chi connectivity index (χ3v) is 3.11. The SMILES string of the molecule is Cc1nc2ncnn2c(O)c1-c1c(F)cccc1Cl. The van der Waals surface area contributed by atoms with Crippen molar-refractivity contribution in [3.8, 4) is 17.0 Å². The first-order valence-electron chi connectivity index (χ1n) is 5.43. The minimum Gasteiger partial charge on any atom is -0.493 e. The molecule has 1 aromatic carbocycles. The average Bonchev–Trinajstić information content (AvgIpc) is 2.81. The van der Waals surface area contributed by atoms with Gasteiger partial charge in [0.05, 0.1) is 16.3 Å². The number of aromatic hydroxyl groups is 1. The molecule has 0 aliphatic carbocycles. The van der Waals surface area contributed by atoms with Crippen LogP contribution in [0.4, 0.5) is 4.39 Å². The van der Waals surface area contributed by atoms with Gasteiger partial charge in [-0.1, -0.05) is 17.7 Å². The quantitative estimate of drug-likeness (QED) is 0.743. The molecule has 0 aliphatic rings. The second kappa shape index (κ2) is 4.17. The maximum atomic E-state index is 14.0. The van der Waals surface area contributed by atoms with E-state index in [9.17, 15) is 9.50 Å². The summed E-state index contributed by atoms with van der Waals surface area (Å²) in [6, 6.07) is 4.31. The largest absolute Gasteiger partial charge is 0.493 e. The van der Waals surface area contributed by atoms with E-state index in [4.69, 9.17) is 11.6 Å². The average molecular weight is 279 g/mol. The van der Waals surface area contributed by atoms with Crippen molar-refractivity contribution in [3.05, 3.63) is 41.1 Å². The summed E-state index contributed by atoms with van der Waals surface area (Å²) in [4.78, 5) is 8.03. The number of hydrogen-bond acceptors (Lipinski definition) is 4. The summed E-state index contributed by atoms with van der Waals surface area (Å²) in [5.74, 6) is -0.537. The van der Waals surface area contributed by atoms with Gasteiger partial charge in [0.25, 0.3) is 5.78 Å². The lowest BCUT2D eigenvalue weighted by Gasteiger charge is -2.11. The third kappa shape index (κ3) is 1.72. The normalized spacial score (nSPS) is 11.1. The molecule has 0 radical (unpaired) electrons. The Bertz CT molecular complexity index is 766. The van der Waals surface area contributed by atoms with E-state index >= 15 is 0 Å². The van der Waals surface area contributed by atoms with Crippen LogP contribution in [0.5, 0.6) is 5.88 Å². The van der Waals surface area contributed by atoms with E-state index in [0.717, 1.165) is 4.52 Å². The molecule has 0 aliphatic heterocycles. The van der Waals surface area contributed by atoms with Gasteiger partial charge < -0.3 is 5.11 Å². The molecule has 3 aromatic rings. The molecule has 1 N–H and O–H groups in total. The lowest BCUT2D eigenvalue weighted by molar-refractivity contribution is 0.436. The smallest absolute Gasteiger partial charge is 0.255 e. The molecule has 0 unspecified atom stereocenters. The minimum absolute atomic E-state index is 0.101. The predicted octanol–water partition coefficient (Wildman–Crippen LogP) is 2.60. The molecule has 96 valence electrons. The Labute approximate surface area is 112 Å². The van der Waals surface area contributed by atoms with E-state index in [2.05, 4.69) is 15.1 Å². The maximum Gasteiger partial charge on any atom is 0.255 e. The molecule has 0 spiro atoms. The lowest BCUT2D eigenvalue weighted by atomic mass is 10.0. The van der Waals surface area contributed by atoms with Gasteiger partial charge in [-0.05, 0) is 19.1 Å². The van der Waals surface area contributed by atoms with Crippen molar-refractivity contribution in [1.82, 2.24) is 19.6 Å². The van der Waals surface area contributed by atoms with E-state index < -0.39 is 5.82 Å². The number of nitrogens with zero attached hydrogens (tertiary/aromatic N) is 4. The molecule has 0 saturated heterocycles. The molecule has 0 bridgehead atoms. The summed E-state index contributed by atoms with van der Waals surface area (Å²) in [6.07, 6.45) is 1.26. The Morgan fingerprint density at radius 1 is 1.32 bits per heavy atom. The Morgan fingerprint density at radius 2 is 2.11 bits per heavy atom. The van der Waals surface area contributed by atoms with E-state index in [-0.39, 0.29) is 27.8 Å². The van der Waals surface area contributed by atoms with Crippen LogP contribution in [-0.4, -0.2) is 24.7 Å². The van der Waals surface area contributed by atoms with Crippen LogP contribution >= 0.6 is 11.6 Å². The van der Waals surface area contributed by atoms with Crippen LogP contribution in [0.25, 0.3) is 16.9 Å². The lowest BCUT2D eigenvalue weighted by Crippen LogP contribution is -2.00. The van der Waals surface area contributed by atoms with Gasteiger partial charge in [0.15, 0.2) is 0 Å². The summed E-state index contributed by atoms with van der Waals surface area (Å²) < 4.78 is 15.1. The molecule has 0 saturated carbocycles. The van der Waals surface area contributed by atoms with Gasteiger partial charge in [-0.3, -0.25) is 0 Å². The van der Waals surface area contributed by atoms with Gasteiger partial charge in [0, 0.05) is 5.56 Å². The van der Waals surface area contributed by atoms with Gasteiger partial charge in [0.1, 0.15) is 12.1 Å². The molecule has 2 aromatic heterocycles. The topological polar surface area (TPSA) is 63.3 Å². The zero-order valence-corrected chi connectivity index (χ0v) is 10.6. The first-order valence-corrected chi connectivity index (χ1v) is 5.81. The second-order valence-corrected chi connectivity index (χ2v) is 4.37. The first kappa shape index (κ1) is 11.9. The van der Waals surface area contributed by atoms with Gasteiger partial charge in [-0.15, -0.1) is 0 Å². The molecule has 0 amide bonds. The van der Waals surface area contributed by atoms with Crippen molar-refractivity contribution in [2.45, 2.75) is 6.92 Å². The summed E-state index contributed by atoms with van der Waals surface area (Å²) in [5, 5.41) is 14.2. The minimum atomic E-state index is -0.535. The fraction of sp³-hybridized carbons (Fsp3) is 0.0833. The van der Waals surface area contributed by atoms with Crippen LogP contribution in [0.3, 0.4) is 0 Å². The van der Waals surface area contributed by atoms with E-state index in [1.165, 1.54) is 18.5 Å². The van der Waals surface area contributed by atoms with Crippen LogP contribution in [0.1, 0.15) is 5.69 Å². The van der Waals surface area contributed by atoms with Crippen LogP contribution in [0.2, 0.25) is 5.02 Å². The molecule has 0 fully saturated rings. The highest BCUT2D eigenvalue weighted by Gasteiger charge is 2.20. The fourth-order valence-corrected chi connectivity index (χ4v) is 2.22. The van der Waals surface area contributed by atoms with Crippen molar-refractivity contribution in [1.29, 1.82) is 0 Å². The molecular weight excluding hydrogens is 271 g/mol. The van der Waals surface area contributed by atoms with Crippen LogP contribution in [0, 0.1) is 12.7 Å². The monoisotopic (exact) mass is 278 g/mol. The molecule has 5 nitrogen and oxygen atoms in total. The number of aryl methyl sites for hydroxylation is 1. The van der Waals surface area contributed by atoms with E-state index in [1.54, 1.807) is 13.0 Å². The van der Waals surface area contributed by atoms with Crippen molar-refractivity contribution < 1.29 is 9.50 Å². The molecule has 0 atom stereocenters. The van der Waals surface area contributed by atoms with E-state index in [0.29, 0.717) is 5.69 Å². The Kier molecular flexibility index (Phi) is 2.60. The van der Waals surface area contributed by atoms with Crippen LogP contribution < -0.4 is 0 Å². The number of hydrogen-bond donors (Lipinski definition) is 1. The Morgan fingerprint density at radius 3 is 2.84 bits per heavy atom. The number of halogens is 2. The number of benzene rings is 1. The summed E-state index contributed by atoms with van der Waals surface area (Å²) in [7, 11) is 0. The zero-order chi connectivity index (χ0) is 13.6. The zero-order valence-electron chi connectivity index (χ0n) is 9.80. The molecule has 2 heterocycles. The fourth-order valence-electron chi connectivity index (χ4n) is 1.96. The summed E-state index contributed by atoms with van der Waals surface area (Å²) in [6.45, 7) is 1.65. The van der Waals surface area contributed by atoms with Crippen molar-refractivity contribution in [2.24, 2.45) is 0 Å². The molecule has 19 heavy (non-hydrogen) atoms. The van der Waals surface area contributed by atoms with Crippen molar-refractivity contribution in [2.75, 3.05) is 0 Å². The highest BCUT2D eigenvalue weighted by Crippen LogP contribution is 2.37. The van der Waals surface area contributed by atoms with Gasteiger partial charge in [-0.25, -0.2) is 9.37 Å². The summed E-state index contributed by atoms with van der Waals surface area (Å²) >= 11 is 6.01. The van der Waals surface area contributed by atoms with Gasteiger partial charge in [0.2, 0.25) is 5.88 Å². The highest BCUT2D eigenvalue weighted by atomic mass is 35.5. The van der Waals surface area contributed by atoms with Crippen molar-refractivity contribution >= 4 is 17.4 Å². The third-order valence-electron chi connectivity index (χ3n) is 2.80. The number of fused-ring (bicyclic) bond motifs is 1. The molecule has 3 rings (SSSR count). The molecular formula is C12H8ClFN4O. The van der Waals surface area contributed by atoms with Gasteiger partial charge in [-0.2, -0.15) is 14.6 Å². The predicted molar refractivity (Wildman–Crippen MR) is 67.6 cm³/mol. The number of aromatic nitrogens is 4. The number of rotatable bonds is 1. The first-order chi connectivity index (χ1) is 9.09. The maximum absolute atomic E-state index is 14.0. The van der Waals surface area contributed by atoms with Crippen LogP contribution in [0.15, 0.2) is 24.5 Å². The van der Waals surface area contributed by atoms with Crippen molar-refractivity contribution in [3.63, 3.8) is 0 Å².